The second kappa shape index (κ2) is 5.16. The highest BCUT2D eigenvalue weighted by molar-refractivity contribution is 6.30. The Morgan fingerprint density at radius 3 is 2.83 bits per heavy atom. The van der Waals surface area contributed by atoms with Crippen LogP contribution < -0.4 is 16.0 Å². The highest BCUT2D eigenvalue weighted by Gasteiger charge is 2.09. The fourth-order valence-electron chi connectivity index (χ4n) is 1.33. The highest BCUT2D eigenvalue weighted by Crippen LogP contribution is 2.27. The van der Waals surface area contributed by atoms with Crippen LogP contribution in [-0.2, 0) is 0 Å². The minimum Gasteiger partial charge on any atom is -0.438 e. The second-order valence-electron chi connectivity index (χ2n) is 3.47. The highest BCUT2D eigenvalue weighted by atomic mass is 35.5. The number of hydrazine groups is 1. The molecule has 0 atom stereocenters. The molecule has 0 spiro atoms. The van der Waals surface area contributed by atoms with Crippen molar-refractivity contribution >= 4 is 17.4 Å². The zero-order valence-electron chi connectivity index (χ0n) is 9.45. The molecule has 5 nitrogen and oxygen atoms in total. The molecule has 0 aliphatic rings. The quantitative estimate of drug-likeness (QED) is 0.661. The Hall–Kier alpha value is -1.92. The van der Waals surface area contributed by atoms with Gasteiger partial charge in [-0.3, -0.25) is 0 Å². The lowest BCUT2D eigenvalue weighted by Gasteiger charge is -2.10. The summed E-state index contributed by atoms with van der Waals surface area (Å²) in [5.41, 5.74) is 3.04. The Morgan fingerprint density at radius 2 is 2.17 bits per heavy atom. The fraction of sp³-hybridized carbons (Fsp3) is 0.0909. The summed E-state index contributed by atoms with van der Waals surface area (Å²) in [6.07, 6.45) is 1.30. The average molecular weight is 269 g/mol. The summed E-state index contributed by atoms with van der Waals surface area (Å²) in [4.78, 5) is 7.86. The third-order valence-corrected chi connectivity index (χ3v) is 2.59. The lowest BCUT2D eigenvalue weighted by atomic mass is 10.3. The van der Waals surface area contributed by atoms with Gasteiger partial charge in [0.1, 0.15) is 23.7 Å². The maximum atomic E-state index is 13.3. The van der Waals surface area contributed by atoms with Gasteiger partial charge in [-0.1, -0.05) is 11.6 Å². The van der Waals surface area contributed by atoms with Crippen LogP contribution in [0.4, 0.5) is 10.2 Å². The Labute approximate surface area is 108 Å². The van der Waals surface area contributed by atoms with E-state index >= 15 is 0 Å². The number of nitrogens with zero attached hydrogens (tertiary/aromatic N) is 2. The number of hydrogen-bond acceptors (Lipinski definition) is 5. The molecular weight excluding hydrogens is 259 g/mol. The molecule has 7 heteroatoms. The molecule has 0 aliphatic carbocycles. The molecule has 2 aromatic rings. The van der Waals surface area contributed by atoms with E-state index in [1.165, 1.54) is 18.5 Å². The normalized spacial score (nSPS) is 10.2. The Bertz CT molecular complexity index is 579. The van der Waals surface area contributed by atoms with Crippen molar-refractivity contribution in [3.05, 3.63) is 40.9 Å². The maximum Gasteiger partial charge on any atom is 0.227 e. The van der Waals surface area contributed by atoms with E-state index in [9.17, 15) is 4.39 Å². The Balaban J connectivity index is 2.31. The molecule has 2 rings (SSSR count). The van der Waals surface area contributed by atoms with E-state index in [0.29, 0.717) is 23.0 Å². The molecule has 1 aromatic carbocycles. The molecule has 0 fully saturated rings. The van der Waals surface area contributed by atoms with E-state index in [4.69, 9.17) is 22.2 Å². The number of rotatable bonds is 3. The number of nitrogens with two attached hydrogens (primary N) is 1. The molecule has 94 valence electrons. The van der Waals surface area contributed by atoms with Crippen LogP contribution in [0.5, 0.6) is 11.6 Å². The first kappa shape index (κ1) is 12.5. The summed E-state index contributed by atoms with van der Waals surface area (Å²) in [6.45, 7) is 1.73. The van der Waals surface area contributed by atoms with E-state index < -0.39 is 5.82 Å². The number of ether oxygens (including phenoxy) is 1. The Kier molecular flexibility index (Phi) is 3.59. The topological polar surface area (TPSA) is 73.1 Å². The van der Waals surface area contributed by atoms with Crippen molar-refractivity contribution in [1.82, 2.24) is 9.97 Å². The van der Waals surface area contributed by atoms with Crippen LogP contribution in [0.25, 0.3) is 0 Å². The first-order valence-corrected chi connectivity index (χ1v) is 5.40. The number of nitrogens with one attached hydrogen (secondary N) is 1. The van der Waals surface area contributed by atoms with Crippen LogP contribution in [-0.4, -0.2) is 9.97 Å². The fourth-order valence-corrected chi connectivity index (χ4v) is 1.45. The maximum absolute atomic E-state index is 13.3. The zero-order valence-corrected chi connectivity index (χ0v) is 10.2. The smallest absolute Gasteiger partial charge is 0.227 e. The summed E-state index contributed by atoms with van der Waals surface area (Å²) in [5.74, 6) is 5.75. The van der Waals surface area contributed by atoms with Crippen molar-refractivity contribution in [2.45, 2.75) is 6.92 Å². The van der Waals surface area contributed by atoms with E-state index in [1.807, 2.05) is 0 Å². The van der Waals surface area contributed by atoms with Crippen LogP contribution in [0.3, 0.4) is 0 Å². The van der Waals surface area contributed by atoms with E-state index in [1.54, 1.807) is 13.0 Å². The molecule has 1 aromatic heterocycles. The summed E-state index contributed by atoms with van der Waals surface area (Å²) in [7, 11) is 0. The van der Waals surface area contributed by atoms with Gasteiger partial charge in [-0.05, 0) is 19.1 Å². The lowest BCUT2D eigenvalue weighted by Crippen LogP contribution is -2.11. The van der Waals surface area contributed by atoms with Crippen LogP contribution in [0, 0.1) is 12.7 Å². The molecule has 0 bridgehead atoms. The van der Waals surface area contributed by atoms with E-state index in [2.05, 4.69) is 15.4 Å². The monoisotopic (exact) mass is 268 g/mol. The molecule has 0 radical (unpaired) electrons. The van der Waals surface area contributed by atoms with Gasteiger partial charge in [0.05, 0.1) is 10.6 Å². The summed E-state index contributed by atoms with van der Waals surface area (Å²) >= 11 is 5.58. The number of benzene rings is 1. The largest absolute Gasteiger partial charge is 0.438 e. The number of halogens is 2. The number of anilines is 1. The van der Waals surface area contributed by atoms with Crippen LogP contribution in [0.2, 0.25) is 5.02 Å². The first-order chi connectivity index (χ1) is 8.61. The molecular formula is C11H10ClFN4O. The number of aromatic nitrogens is 2. The summed E-state index contributed by atoms with van der Waals surface area (Å²) < 4.78 is 18.7. The van der Waals surface area contributed by atoms with Gasteiger partial charge in [0, 0.05) is 6.07 Å². The van der Waals surface area contributed by atoms with Gasteiger partial charge in [0.2, 0.25) is 5.88 Å². The second-order valence-corrected chi connectivity index (χ2v) is 3.88. The minimum atomic E-state index is -0.557. The third kappa shape index (κ3) is 2.49. The minimum absolute atomic E-state index is 0.0334. The van der Waals surface area contributed by atoms with Gasteiger partial charge in [0.15, 0.2) is 0 Å². The Morgan fingerprint density at radius 1 is 1.39 bits per heavy atom. The van der Waals surface area contributed by atoms with Crippen molar-refractivity contribution in [3.8, 4) is 11.6 Å². The van der Waals surface area contributed by atoms with Gasteiger partial charge in [-0.15, -0.1) is 0 Å². The predicted octanol–water partition coefficient (Wildman–Crippen LogP) is 2.66. The molecule has 0 unspecified atom stereocenters. The van der Waals surface area contributed by atoms with Gasteiger partial charge in [0.25, 0.3) is 0 Å². The van der Waals surface area contributed by atoms with Crippen LogP contribution in [0.15, 0.2) is 24.5 Å². The molecule has 3 N–H and O–H groups in total. The number of nitrogen functional groups attached to an aromatic ring is 1. The van der Waals surface area contributed by atoms with Crippen molar-refractivity contribution in [2.75, 3.05) is 5.43 Å². The number of hydrogen-bond donors (Lipinski definition) is 2. The van der Waals surface area contributed by atoms with Gasteiger partial charge in [-0.25, -0.2) is 20.2 Å². The van der Waals surface area contributed by atoms with Crippen molar-refractivity contribution in [2.24, 2.45) is 5.84 Å². The average Bonchev–Trinajstić information content (AvgIpc) is 2.36. The van der Waals surface area contributed by atoms with E-state index in [0.717, 1.165) is 0 Å². The summed E-state index contributed by atoms with van der Waals surface area (Å²) in [5, 5.41) is 0.0334. The molecule has 1 heterocycles. The van der Waals surface area contributed by atoms with Gasteiger partial charge < -0.3 is 10.2 Å². The standard InChI is InChI=1S/C11H10ClFN4O/c1-6-10(17-14)15-5-16-11(6)18-7-2-3-8(12)9(13)4-7/h2-5H,14H2,1H3,(H,15,16,17). The van der Waals surface area contributed by atoms with Crippen LogP contribution in [0.1, 0.15) is 5.56 Å². The third-order valence-electron chi connectivity index (χ3n) is 2.28. The van der Waals surface area contributed by atoms with Gasteiger partial charge in [-0.2, -0.15) is 0 Å². The summed E-state index contributed by atoms with van der Waals surface area (Å²) in [6, 6.07) is 4.13. The van der Waals surface area contributed by atoms with Crippen molar-refractivity contribution in [1.29, 1.82) is 0 Å². The van der Waals surface area contributed by atoms with E-state index in [-0.39, 0.29) is 5.02 Å². The van der Waals surface area contributed by atoms with Gasteiger partial charge >= 0.3 is 0 Å². The SMILES string of the molecule is Cc1c(NN)ncnc1Oc1ccc(Cl)c(F)c1. The predicted molar refractivity (Wildman–Crippen MR) is 66.1 cm³/mol. The molecule has 18 heavy (non-hydrogen) atoms. The lowest BCUT2D eigenvalue weighted by molar-refractivity contribution is 0.453. The molecule has 0 saturated carbocycles. The molecule has 0 amide bonds. The van der Waals surface area contributed by atoms with Crippen molar-refractivity contribution in [3.63, 3.8) is 0 Å². The molecule has 0 aliphatic heterocycles. The zero-order chi connectivity index (χ0) is 13.1. The van der Waals surface area contributed by atoms with Crippen molar-refractivity contribution < 1.29 is 9.13 Å². The first-order valence-electron chi connectivity index (χ1n) is 5.03. The van der Waals surface area contributed by atoms with Crippen LogP contribution >= 0.6 is 11.6 Å². The molecule has 0 saturated heterocycles.